The van der Waals surface area contributed by atoms with Crippen LogP contribution in [-0.4, -0.2) is 10.9 Å². The predicted octanol–water partition coefficient (Wildman–Crippen LogP) is 3.73. The van der Waals surface area contributed by atoms with E-state index < -0.39 is 5.60 Å². The van der Waals surface area contributed by atoms with Gasteiger partial charge >= 0.3 is 0 Å². The number of aliphatic hydroxyl groups is 1. The van der Waals surface area contributed by atoms with Crippen LogP contribution in [0.3, 0.4) is 0 Å². The second-order valence-electron chi connectivity index (χ2n) is 5.53. The van der Waals surface area contributed by atoms with Gasteiger partial charge in [-0.15, -0.1) is 0 Å². The standard InChI is InChI=1S/C21H18O2/c22-20(16-17-10-4-1-5-11-17)21(23,18-12-6-2-7-13-18)19-14-8-3-9-15-19/h1-15,23H,16H2. The number of benzene rings is 3. The molecule has 0 aliphatic heterocycles. The maximum atomic E-state index is 13.0. The van der Waals surface area contributed by atoms with Gasteiger partial charge in [0.15, 0.2) is 11.4 Å². The highest BCUT2D eigenvalue weighted by Gasteiger charge is 2.38. The minimum absolute atomic E-state index is 0.182. The molecule has 3 rings (SSSR count). The van der Waals surface area contributed by atoms with Gasteiger partial charge in [0.1, 0.15) is 0 Å². The van der Waals surface area contributed by atoms with Crippen molar-refractivity contribution in [3.63, 3.8) is 0 Å². The fourth-order valence-corrected chi connectivity index (χ4v) is 2.76. The Morgan fingerprint density at radius 1 is 0.696 bits per heavy atom. The number of ketones is 1. The van der Waals surface area contributed by atoms with Gasteiger partial charge in [0, 0.05) is 6.42 Å². The van der Waals surface area contributed by atoms with Crippen molar-refractivity contribution >= 4 is 5.78 Å². The number of Topliss-reactive ketones (excluding diaryl/α,β-unsaturated/α-hetero) is 1. The van der Waals surface area contributed by atoms with Crippen LogP contribution in [0.25, 0.3) is 0 Å². The summed E-state index contributed by atoms with van der Waals surface area (Å²) in [7, 11) is 0. The third kappa shape index (κ3) is 3.08. The molecule has 0 saturated carbocycles. The molecule has 3 aromatic rings. The summed E-state index contributed by atoms with van der Waals surface area (Å²) in [4.78, 5) is 13.0. The number of hydrogen-bond donors (Lipinski definition) is 1. The Kier molecular flexibility index (Phi) is 4.35. The quantitative estimate of drug-likeness (QED) is 0.779. The van der Waals surface area contributed by atoms with E-state index in [4.69, 9.17) is 0 Å². The first-order valence-electron chi connectivity index (χ1n) is 7.62. The molecule has 1 N–H and O–H groups in total. The van der Waals surface area contributed by atoms with Gasteiger partial charge in [-0.2, -0.15) is 0 Å². The topological polar surface area (TPSA) is 37.3 Å². The van der Waals surface area contributed by atoms with E-state index in [1.807, 2.05) is 66.7 Å². The van der Waals surface area contributed by atoms with Crippen LogP contribution in [0.4, 0.5) is 0 Å². The van der Waals surface area contributed by atoms with Crippen LogP contribution in [0.5, 0.6) is 0 Å². The first kappa shape index (κ1) is 15.2. The Bertz CT molecular complexity index is 725. The SMILES string of the molecule is O=C(Cc1ccccc1)C(O)(c1ccccc1)c1ccccc1. The van der Waals surface area contributed by atoms with E-state index in [9.17, 15) is 9.90 Å². The minimum atomic E-state index is -1.64. The smallest absolute Gasteiger partial charge is 0.177 e. The largest absolute Gasteiger partial charge is 0.373 e. The highest BCUT2D eigenvalue weighted by atomic mass is 16.3. The van der Waals surface area contributed by atoms with Crippen LogP contribution < -0.4 is 0 Å². The molecule has 0 aromatic heterocycles. The average molecular weight is 302 g/mol. The third-order valence-electron chi connectivity index (χ3n) is 3.99. The fourth-order valence-electron chi connectivity index (χ4n) is 2.76. The van der Waals surface area contributed by atoms with E-state index in [1.165, 1.54) is 0 Å². The number of carbonyl (C=O) groups is 1. The van der Waals surface area contributed by atoms with E-state index in [0.29, 0.717) is 11.1 Å². The molecule has 0 radical (unpaired) electrons. The molecule has 0 heterocycles. The lowest BCUT2D eigenvalue weighted by molar-refractivity contribution is -0.133. The van der Waals surface area contributed by atoms with Gasteiger partial charge in [-0.3, -0.25) is 4.79 Å². The lowest BCUT2D eigenvalue weighted by Crippen LogP contribution is -2.38. The lowest BCUT2D eigenvalue weighted by atomic mass is 9.80. The van der Waals surface area contributed by atoms with E-state index >= 15 is 0 Å². The van der Waals surface area contributed by atoms with E-state index in [1.54, 1.807) is 24.3 Å². The Morgan fingerprint density at radius 2 is 1.09 bits per heavy atom. The molecule has 0 bridgehead atoms. The number of rotatable bonds is 5. The zero-order chi connectivity index (χ0) is 16.1. The lowest BCUT2D eigenvalue weighted by Gasteiger charge is -2.28. The average Bonchev–Trinajstić information content (AvgIpc) is 2.63. The monoisotopic (exact) mass is 302 g/mol. The molecule has 0 unspecified atom stereocenters. The summed E-state index contributed by atoms with van der Waals surface area (Å²) >= 11 is 0. The second-order valence-corrected chi connectivity index (χ2v) is 5.53. The van der Waals surface area contributed by atoms with E-state index in [-0.39, 0.29) is 12.2 Å². The number of hydrogen-bond acceptors (Lipinski definition) is 2. The molecule has 0 saturated heterocycles. The van der Waals surface area contributed by atoms with Gasteiger partial charge in [-0.05, 0) is 16.7 Å². The minimum Gasteiger partial charge on any atom is -0.373 e. The molecule has 0 aliphatic carbocycles. The van der Waals surface area contributed by atoms with Crippen molar-refractivity contribution in [2.24, 2.45) is 0 Å². The van der Waals surface area contributed by atoms with Gasteiger partial charge < -0.3 is 5.11 Å². The maximum Gasteiger partial charge on any atom is 0.177 e. The molecule has 0 fully saturated rings. The Morgan fingerprint density at radius 3 is 1.52 bits per heavy atom. The van der Waals surface area contributed by atoms with Crippen molar-refractivity contribution in [3.8, 4) is 0 Å². The van der Waals surface area contributed by atoms with Crippen molar-refractivity contribution in [3.05, 3.63) is 108 Å². The van der Waals surface area contributed by atoms with Crippen LogP contribution in [0.2, 0.25) is 0 Å². The Labute approximate surface area is 136 Å². The molecule has 23 heavy (non-hydrogen) atoms. The molecule has 0 aliphatic rings. The van der Waals surface area contributed by atoms with E-state index in [2.05, 4.69) is 0 Å². The number of carbonyl (C=O) groups excluding carboxylic acids is 1. The summed E-state index contributed by atoms with van der Waals surface area (Å²) in [6, 6.07) is 27.7. The summed E-state index contributed by atoms with van der Waals surface area (Å²) in [5.74, 6) is -0.235. The molecule has 0 amide bonds. The maximum absolute atomic E-state index is 13.0. The highest BCUT2D eigenvalue weighted by Crippen LogP contribution is 2.31. The van der Waals surface area contributed by atoms with Crippen molar-refractivity contribution in [1.29, 1.82) is 0 Å². The van der Waals surface area contributed by atoms with Gasteiger partial charge in [0.2, 0.25) is 0 Å². The first-order chi connectivity index (χ1) is 11.2. The van der Waals surface area contributed by atoms with E-state index in [0.717, 1.165) is 5.56 Å². The molecule has 3 aromatic carbocycles. The second kappa shape index (κ2) is 6.59. The summed E-state index contributed by atoms with van der Waals surface area (Å²) in [6.45, 7) is 0. The van der Waals surface area contributed by atoms with Crippen molar-refractivity contribution in [2.75, 3.05) is 0 Å². The van der Waals surface area contributed by atoms with Gasteiger partial charge in [-0.1, -0.05) is 91.0 Å². The molecular formula is C21H18O2. The van der Waals surface area contributed by atoms with Crippen molar-refractivity contribution in [2.45, 2.75) is 12.0 Å². The van der Waals surface area contributed by atoms with Gasteiger partial charge in [0.25, 0.3) is 0 Å². The molecule has 2 heteroatoms. The highest BCUT2D eigenvalue weighted by molar-refractivity contribution is 5.93. The molecule has 114 valence electrons. The zero-order valence-electron chi connectivity index (χ0n) is 12.7. The Balaban J connectivity index is 2.04. The zero-order valence-corrected chi connectivity index (χ0v) is 12.7. The summed E-state index contributed by atoms with van der Waals surface area (Å²) in [5.41, 5.74) is 0.431. The van der Waals surface area contributed by atoms with Gasteiger partial charge in [-0.25, -0.2) is 0 Å². The van der Waals surface area contributed by atoms with Crippen LogP contribution >= 0.6 is 0 Å². The molecule has 0 atom stereocenters. The predicted molar refractivity (Wildman–Crippen MR) is 91.0 cm³/mol. The van der Waals surface area contributed by atoms with Crippen molar-refractivity contribution in [1.82, 2.24) is 0 Å². The normalized spacial score (nSPS) is 11.2. The van der Waals surface area contributed by atoms with Crippen LogP contribution in [0.15, 0.2) is 91.0 Å². The molecule has 0 spiro atoms. The summed E-state index contributed by atoms with van der Waals surface area (Å²) < 4.78 is 0. The fraction of sp³-hybridized carbons (Fsp3) is 0.0952. The molecule has 2 nitrogen and oxygen atoms in total. The third-order valence-corrected chi connectivity index (χ3v) is 3.99. The molecular weight excluding hydrogens is 284 g/mol. The van der Waals surface area contributed by atoms with Crippen LogP contribution in [-0.2, 0) is 16.8 Å². The van der Waals surface area contributed by atoms with Crippen molar-refractivity contribution < 1.29 is 9.90 Å². The first-order valence-corrected chi connectivity index (χ1v) is 7.62. The van der Waals surface area contributed by atoms with Crippen LogP contribution in [0.1, 0.15) is 16.7 Å². The van der Waals surface area contributed by atoms with Gasteiger partial charge in [0.05, 0.1) is 0 Å². The summed E-state index contributed by atoms with van der Waals surface area (Å²) in [6.07, 6.45) is 0.182. The summed E-state index contributed by atoms with van der Waals surface area (Å²) in [5, 5.41) is 11.3. The van der Waals surface area contributed by atoms with Crippen LogP contribution in [0, 0.1) is 0 Å². The Hall–Kier alpha value is -2.71.